The molecule has 0 spiro atoms. The lowest BCUT2D eigenvalue weighted by atomic mass is 10.0. The first kappa shape index (κ1) is 14.6. The highest BCUT2D eigenvalue weighted by molar-refractivity contribution is 6.37. The molecular formula is C17H10Cl2N2O. The topological polar surface area (TPSA) is 45.3 Å². The fourth-order valence-electron chi connectivity index (χ4n) is 2.56. The second-order valence-corrected chi connectivity index (χ2v) is 5.71. The van der Waals surface area contributed by atoms with Crippen LogP contribution in [0.5, 0.6) is 0 Å². The van der Waals surface area contributed by atoms with Crippen molar-refractivity contribution in [2.75, 3.05) is 0 Å². The number of ketones is 1. The van der Waals surface area contributed by atoms with Crippen molar-refractivity contribution in [2.24, 2.45) is 0 Å². The van der Waals surface area contributed by atoms with Gasteiger partial charge in [0.15, 0.2) is 0 Å². The maximum atomic E-state index is 12.9. The third-order valence-electron chi connectivity index (χ3n) is 3.59. The van der Waals surface area contributed by atoms with Gasteiger partial charge >= 0.3 is 0 Å². The molecule has 0 radical (unpaired) electrons. The number of nitriles is 1. The van der Waals surface area contributed by atoms with E-state index in [1.54, 1.807) is 29.7 Å². The van der Waals surface area contributed by atoms with Crippen LogP contribution in [0.3, 0.4) is 0 Å². The summed E-state index contributed by atoms with van der Waals surface area (Å²) in [6, 6.07) is 12.4. The van der Waals surface area contributed by atoms with E-state index in [2.05, 4.69) is 6.07 Å². The minimum atomic E-state index is -0.234. The second kappa shape index (κ2) is 5.49. The Bertz CT molecular complexity index is 951. The molecule has 1 aromatic carbocycles. The van der Waals surface area contributed by atoms with Crippen molar-refractivity contribution in [1.82, 2.24) is 4.40 Å². The van der Waals surface area contributed by atoms with Gasteiger partial charge in [-0.15, -0.1) is 0 Å². The van der Waals surface area contributed by atoms with Gasteiger partial charge in [-0.1, -0.05) is 29.3 Å². The molecule has 108 valence electrons. The van der Waals surface area contributed by atoms with Crippen molar-refractivity contribution in [2.45, 2.75) is 6.92 Å². The smallest absolute Gasteiger partial charge is 0.211 e. The Balaban J connectivity index is 2.29. The third kappa shape index (κ3) is 2.18. The molecule has 0 saturated carbocycles. The Morgan fingerprint density at radius 1 is 1.23 bits per heavy atom. The largest absolute Gasteiger partial charge is 0.312 e. The number of nitrogens with zero attached hydrogens (tertiary/aromatic N) is 2. The second-order valence-electron chi connectivity index (χ2n) is 4.87. The molecule has 3 rings (SSSR count). The molecule has 0 aliphatic carbocycles. The lowest BCUT2D eigenvalue weighted by Gasteiger charge is -2.06. The number of pyridine rings is 1. The molecular weight excluding hydrogens is 319 g/mol. The zero-order valence-corrected chi connectivity index (χ0v) is 13.1. The van der Waals surface area contributed by atoms with Crippen molar-refractivity contribution in [3.05, 3.63) is 75.0 Å². The van der Waals surface area contributed by atoms with E-state index in [9.17, 15) is 10.1 Å². The van der Waals surface area contributed by atoms with Gasteiger partial charge < -0.3 is 4.40 Å². The van der Waals surface area contributed by atoms with E-state index in [0.717, 1.165) is 0 Å². The Labute approximate surface area is 137 Å². The van der Waals surface area contributed by atoms with Crippen LogP contribution < -0.4 is 0 Å². The highest BCUT2D eigenvalue weighted by Crippen LogP contribution is 2.28. The fraction of sp³-hybridized carbons (Fsp3) is 0.0588. The quantitative estimate of drug-likeness (QED) is 0.642. The number of hydrogen-bond donors (Lipinski definition) is 0. The van der Waals surface area contributed by atoms with Crippen molar-refractivity contribution in [3.63, 3.8) is 0 Å². The summed E-state index contributed by atoms with van der Waals surface area (Å²) >= 11 is 12.0. The number of carbonyl (C=O) groups is 1. The van der Waals surface area contributed by atoms with Crippen LogP contribution in [0.2, 0.25) is 10.0 Å². The van der Waals surface area contributed by atoms with Gasteiger partial charge in [0.2, 0.25) is 5.78 Å². The van der Waals surface area contributed by atoms with Crippen LogP contribution in [0, 0.1) is 18.3 Å². The van der Waals surface area contributed by atoms with Gasteiger partial charge in [0.05, 0.1) is 21.8 Å². The summed E-state index contributed by atoms with van der Waals surface area (Å²) in [6.45, 7) is 1.77. The monoisotopic (exact) mass is 328 g/mol. The Morgan fingerprint density at radius 2 is 2.00 bits per heavy atom. The standard InChI is InChI=1S/C17H10Cl2N2O/c1-10-13(9-20)15-4-2-3-7-21(15)16(10)17(22)12-6-5-11(18)8-14(12)19/h2-8H,1H3. The van der Waals surface area contributed by atoms with Crippen LogP contribution in [-0.2, 0) is 0 Å². The molecule has 0 aliphatic heterocycles. The molecule has 0 saturated heterocycles. The lowest BCUT2D eigenvalue weighted by molar-refractivity contribution is 0.103. The number of aromatic nitrogens is 1. The van der Waals surface area contributed by atoms with Crippen LogP contribution in [0.1, 0.15) is 27.2 Å². The summed E-state index contributed by atoms with van der Waals surface area (Å²) in [5, 5.41) is 10.1. The summed E-state index contributed by atoms with van der Waals surface area (Å²) in [7, 11) is 0. The van der Waals surface area contributed by atoms with E-state index >= 15 is 0 Å². The van der Waals surface area contributed by atoms with E-state index in [0.29, 0.717) is 37.9 Å². The van der Waals surface area contributed by atoms with Crippen molar-refractivity contribution >= 4 is 34.5 Å². The van der Waals surface area contributed by atoms with Crippen LogP contribution in [0.25, 0.3) is 5.52 Å². The van der Waals surface area contributed by atoms with Crippen LogP contribution in [0.4, 0.5) is 0 Å². The molecule has 3 aromatic rings. The number of rotatable bonds is 2. The highest BCUT2D eigenvalue weighted by Gasteiger charge is 2.22. The molecule has 0 fully saturated rings. The molecule has 0 unspecified atom stereocenters. The molecule has 0 N–H and O–H groups in total. The van der Waals surface area contributed by atoms with Crippen molar-refractivity contribution < 1.29 is 4.79 Å². The van der Waals surface area contributed by atoms with E-state index in [1.807, 2.05) is 18.2 Å². The number of fused-ring (bicyclic) bond motifs is 1. The fourth-order valence-corrected chi connectivity index (χ4v) is 3.05. The number of benzene rings is 1. The molecule has 3 nitrogen and oxygen atoms in total. The van der Waals surface area contributed by atoms with E-state index in [4.69, 9.17) is 23.2 Å². The van der Waals surface area contributed by atoms with Gasteiger partial charge in [0, 0.05) is 16.8 Å². The van der Waals surface area contributed by atoms with Crippen LogP contribution in [-0.4, -0.2) is 10.2 Å². The summed E-state index contributed by atoms with van der Waals surface area (Å²) in [4.78, 5) is 12.9. The normalized spacial score (nSPS) is 10.6. The van der Waals surface area contributed by atoms with Crippen LogP contribution in [0.15, 0.2) is 42.6 Å². The average Bonchev–Trinajstić information content (AvgIpc) is 2.78. The number of halogens is 2. The van der Waals surface area contributed by atoms with E-state index in [1.165, 1.54) is 6.07 Å². The molecule has 22 heavy (non-hydrogen) atoms. The minimum absolute atomic E-state index is 0.234. The molecule has 0 atom stereocenters. The van der Waals surface area contributed by atoms with Gasteiger partial charge in [-0.05, 0) is 42.8 Å². The van der Waals surface area contributed by atoms with Gasteiger partial charge in [-0.3, -0.25) is 4.79 Å². The summed E-state index contributed by atoms with van der Waals surface area (Å²) in [5.74, 6) is -0.234. The van der Waals surface area contributed by atoms with Gasteiger partial charge in [0.1, 0.15) is 6.07 Å². The molecule has 2 heterocycles. The van der Waals surface area contributed by atoms with Gasteiger partial charge in [0.25, 0.3) is 0 Å². The Morgan fingerprint density at radius 3 is 2.68 bits per heavy atom. The first-order chi connectivity index (χ1) is 10.5. The minimum Gasteiger partial charge on any atom is -0.312 e. The maximum absolute atomic E-state index is 12.9. The first-order valence-electron chi connectivity index (χ1n) is 6.54. The third-order valence-corrected chi connectivity index (χ3v) is 4.14. The van der Waals surface area contributed by atoms with Crippen LogP contribution >= 0.6 is 23.2 Å². The lowest BCUT2D eigenvalue weighted by Crippen LogP contribution is -2.07. The predicted octanol–water partition coefficient (Wildman–Crippen LogP) is 4.66. The maximum Gasteiger partial charge on any atom is 0.211 e. The molecule has 0 bridgehead atoms. The molecule has 0 aliphatic rings. The van der Waals surface area contributed by atoms with E-state index < -0.39 is 0 Å². The number of carbonyl (C=O) groups excluding carboxylic acids is 1. The molecule has 5 heteroatoms. The average molecular weight is 329 g/mol. The van der Waals surface area contributed by atoms with E-state index in [-0.39, 0.29) is 5.78 Å². The summed E-state index contributed by atoms with van der Waals surface area (Å²) in [5.41, 5.74) is 2.65. The molecule has 0 amide bonds. The zero-order valence-electron chi connectivity index (χ0n) is 11.6. The molecule has 2 aromatic heterocycles. The van der Waals surface area contributed by atoms with Crippen molar-refractivity contribution in [1.29, 1.82) is 5.26 Å². The van der Waals surface area contributed by atoms with Crippen molar-refractivity contribution in [3.8, 4) is 6.07 Å². The Kier molecular flexibility index (Phi) is 3.66. The first-order valence-corrected chi connectivity index (χ1v) is 7.29. The van der Waals surface area contributed by atoms with Gasteiger partial charge in [-0.2, -0.15) is 5.26 Å². The highest BCUT2D eigenvalue weighted by atomic mass is 35.5. The zero-order chi connectivity index (χ0) is 15.9. The summed E-state index contributed by atoms with van der Waals surface area (Å²) in [6.07, 6.45) is 1.76. The number of hydrogen-bond acceptors (Lipinski definition) is 2. The SMILES string of the molecule is Cc1c(C#N)c2ccccn2c1C(=O)c1ccc(Cl)cc1Cl. The van der Waals surface area contributed by atoms with Gasteiger partial charge in [-0.25, -0.2) is 0 Å². The predicted molar refractivity (Wildman–Crippen MR) is 86.7 cm³/mol. The summed E-state index contributed by atoms with van der Waals surface area (Å²) < 4.78 is 1.72. The Hall–Kier alpha value is -2.28.